The lowest BCUT2D eigenvalue weighted by atomic mass is 9.80. The summed E-state index contributed by atoms with van der Waals surface area (Å²) in [5, 5.41) is 3.29. The summed E-state index contributed by atoms with van der Waals surface area (Å²) in [6, 6.07) is 2.58. The number of carbonyl (C=O) groups excluding carboxylic acids is 1. The SMILES string of the molecule is CCC(C)(C(N)=O)c1cscc1NS(=O)(=O)c1c(Cl)cc(Cl)cc1Cl. The number of anilines is 1. The second-order valence-electron chi connectivity index (χ2n) is 5.55. The van der Waals surface area contributed by atoms with Crippen LogP contribution in [0.2, 0.25) is 15.1 Å². The molecule has 2 rings (SSSR count). The van der Waals surface area contributed by atoms with Crippen LogP contribution in [0.1, 0.15) is 25.8 Å². The molecular formula is C15H15Cl3N2O3S2. The highest BCUT2D eigenvalue weighted by Gasteiger charge is 2.35. The summed E-state index contributed by atoms with van der Waals surface area (Å²) in [7, 11) is -4.10. The van der Waals surface area contributed by atoms with Gasteiger partial charge in [-0.3, -0.25) is 9.52 Å². The molecule has 1 aromatic carbocycles. The average molecular weight is 442 g/mol. The maximum atomic E-state index is 12.8. The van der Waals surface area contributed by atoms with Gasteiger partial charge in [-0.2, -0.15) is 0 Å². The highest BCUT2D eigenvalue weighted by molar-refractivity contribution is 7.93. The summed E-state index contributed by atoms with van der Waals surface area (Å²) in [5.41, 5.74) is 5.26. The van der Waals surface area contributed by atoms with Crippen molar-refractivity contribution in [3.8, 4) is 0 Å². The van der Waals surface area contributed by atoms with E-state index in [9.17, 15) is 13.2 Å². The lowest BCUT2D eigenvalue weighted by molar-refractivity contribution is -0.123. The number of amides is 1. The number of sulfonamides is 1. The minimum absolute atomic E-state index is 0.102. The number of rotatable bonds is 6. The molecule has 5 nitrogen and oxygen atoms in total. The molecule has 0 aliphatic carbocycles. The van der Waals surface area contributed by atoms with Crippen molar-refractivity contribution in [2.75, 3.05) is 4.72 Å². The summed E-state index contributed by atoms with van der Waals surface area (Å²) in [6.07, 6.45) is 0.413. The van der Waals surface area contributed by atoms with E-state index in [4.69, 9.17) is 40.5 Å². The molecular weight excluding hydrogens is 427 g/mol. The lowest BCUT2D eigenvalue weighted by Gasteiger charge is -2.25. The molecule has 10 heteroatoms. The molecule has 0 saturated heterocycles. The van der Waals surface area contributed by atoms with Crippen molar-refractivity contribution in [3.63, 3.8) is 0 Å². The van der Waals surface area contributed by atoms with Crippen LogP contribution in [0.4, 0.5) is 5.69 Å². The van der Waals surface area contributed by atoms with Crippen molar-refractivity contribution in [1.29, 1.82) is 0 Å². The molecule has 25 heavy (non-hydrogen) atoms. The maximum absolute atomic E-state index is 12.8. The van der Waals surface area contributed by atoms with Gasteiger partial charge in [0.05, 0.1) is 21.1 Å². The van der Waals surface area contributed by atoms with Gasteiger partial charge in [-0.25, -0.2) is 8.42 Å². The number of primary amides is 1. The van der Waals surface area contributed by atoms with E-state index in [-0.39, 0.29) is 25.7 Å². The van der Waals surface area contributed by atoms with Crippen LogP contribution in [-0.4, -0.2) is 14.3 Å². The van der Waals surface area contributed by atoms with Crippen molar-refractivity contribution < 1.29 is 13.2 Å². The molecule has 0 aliphatic rings. The third-order valence-electron chi connectivity index (χ3n) is 3.98. The molecule has 0 bridgehead atoms. The summed E-state index contributed by atoms with van der Waals surface area (Å²) in [5.74, 6) is -0.545. The van der Waals surface area contributed by atoms with Crippen LogP contribution in [0.15, 0.2) is 27.8 Å². The summed E-state index contributed by atoms with van der Waals surface area (Å²) >= 11 is 19.1. The summed E-state index contributed by atoms with van der Waals surface area (Å²) in [4.78, 5) is 11.6. The highest BCUT2D eigenvalue weighted by atomic mass is 35.5. The molecule has 2 aromatic rings. The third-order valence-corrected chi connectivity index (χ3v) is 7.23. The van der Waals surface area contributed by atoms with Crippen molar-refractivity contribution in [3.05, 3.63) is 43.5 Å². The normalized spacial score (nSPS) is 14.1. The van der Waals surface area contributed by atoms with Crippen LogP contribution in [0.3, 0.4) is 0 Å². The quantitative estimate of drug-likeness (QED) is 0.683. The Morgan fingerprint density at radius 2 is 1.80 bits per heavy atom. The predicted octanol–water partition coefficient (Wildman–Crippen LogP) is 4.66. The van der Waals surface area contributed by atoms with Gasteiger partial charge < -0.3 is 5.73 Å². The van der Waals surface area contributed by atoms with Gasteiger partial charge in [0.1, 0.15) is 4.90 Å². The largest absolute Gasteiger partial charge is 0.369 e. The van der Waals surface area contributed by atoms with Crippen molar-refractivity contribution in [2.24, 2.45) is 5.73 Å². The fourth-order valence-electron chi connectivity index (χ4n) is 2.28. The zero-order valence-electron chi connectivity index (χ0n) is 13.3. The van der Waals surface area contributed by atoms with Crippen molar-refractivity contribution >= 4 is 67.8 Å². The zero-order valence-corrected chi connectivity index (χ0v) is 17.2. The maximum Gasteiger partial charge on any atom is 0.264 e. The third kappa shape index (κ3) is 3.90. The fraction of sp³-hybridized carbons (Fsp3) is 0.267. The molecule has 0 radical (unpaired) electrons. The molecule has 0 aliphatic heterocycles. The Balaban J connectivity index is 2.52. The van der Waals surface area contributed by atoms with Crippen molar-refractivity contribution in [2.45, 2.75) is 30.6 Å². The van der Waals surface area contributed by atoms with Gasteiger partial charge in [-0.15, -0.1) is 11.3 Å². The van der Waals surface area contributed by atoms with Crippen LogP contribution in [-0.2, 0) is 20.2 Å². The number of hydrogen-bond donors (Lipinski definition) is 2. The summed E-state index contributed by atoms with van der Waals surface area (Å²) < 4.78 is 28.0. The first kappa shape index (κ1) is 20.3. The van der Waals surface area contributed by atoms with Crippen LogP contribution in [0, 0.1) is 0 Å². The first-order valence-corrected chi connectivity index (χ1v) is 10.6. The van der Waals surface area contributed by atoms with E-state index in [1.54, 1.807) is 24.6 Å². The van der Waals surface area contributed by atoms with Crippen molar-refractivity contribution in [1.82, 2.24) is 0 Å². The monoisotopic (exact) mass is 440 g/mol. The molecule has 1 atom stereocenters. The van der Waals surface area contributed by atoms with E-state index in [0.717, 1.165) is 0 Å². The van der Waals surface area contributed by atoms with Gasteiger partial charge in [-0.1, -0.05) is 41.7 Å². The van der Waals surface area contributed by atoms with Gasteiger partial charge >= 0.3 is 0 Å². The molecule has 0 fully saturated rings. The van der Waals surface area contributed by atoms with Crippen LogP contribution in [0.5, 0.6) is 0 Å². The Morgan fingerprint density at radius 1 is 1.24 bits per heavy atom. The van der Waals surface area contributed by atoms with Gasteiger partial charge in [0.15, 0.2) is 0 Å². The number of hydrogen-bond acceptors (Lipinski definition) is 4. The number of thiophene rings is 1. The standard InChI is InChI=1S/C15H15Cl3N2O3S2/c1-3-15(2,14(19)21)9-6-24-7-12(9)20-25(22,23)13-10(17)4-8(16)5-11(13)18/h4-7,20H,3H2,1-2H3,(H2,19,21). The van der Waals surface area contributed by atoms with Gasteiger partial charge in [0.2, 0.25) is 5.91 Å². The Morgan fingerprint density at radius 3 is 2.28 bits per heavy atom. The second-order valence-corrected chi connectivity index (χ2v) is 9.17. The number of halogens is 3. The molecule has 1 unspecified atom stereocenters. The Bertz CT molecular complexity index is 905. The number of nitrogens with two attached hydrogens (primary N) is 1. The minimum Gasteiger partial charge on any atom is -0.369 e. The molecule has 0 spiro atoms. The molecule has 136 valence electrons. The predicted molar refractivity (Wildman–Crippen MR) is 103 cm³/mol. The van der Waals surface area contributed by atoms with E-state index in [1.807, 2.05) is 0 Å². The fourth-order valence-corrected chi connectivity index (χ4v) is 5.89. The Kier molecular flexibility index (Phi) is 5.95. The molecule has 0 saturated carbocycles. The second kappa shape index (κ2) is 7.32. The van der Waals surface area contributed by atoms with Crippen LogP contribution < -0.4 is 10.5 Å². The lowest BCUT2D eigenvalue weighted by Crippen LogP contribution is -2.38. The van der Waals surface area contributed by atoms with E-state index in [1.165, 1.54) is 23.5 Å². The smallest absolute Gasteiger partial charge is 0.264 e. The molecule has 3 N–H and O–H groups in total. The first-order chi connectivity index (χ1) is 11.5. The first-order valence-electron chi connectivity index (χ1n) is 7.07. The van der Waals surface area contributed by atoms with E-state index in [2.05, 4.69) is 4.72 Å². The average Bonchev–Trinajstić information content (AvgIpc) is 2.92. The van der Waals surface area contributed by atoms with Gasteiger partial charge in [0, 0.05) is 16.0 Å². The molecule has 1 aromatic heterocycles. The van der Waals surface area contributed by atoms with Crippen LogP contribution in [0.25, 0.3) is 0 Å². The van der Waals surface area contributed by atoms with Crippen LogP contribution >= 0.6 is 46.1 Å². The molecule has 1 amide bonds. The number of benzene rings is 1. The topological polar surface area (TPSA) is 89.3 Å². The minimum atomic E-state index is -4.10. The zero-order chi connectivity index (χ0) is 19.0. The highest BCUT2D eigenvalue weighted by Crippen LogP contribution is 2.39. The summed E-state index contributed by atoms with van der Waals surface area (Å²) in [6.45, 7) is 3.46. The van der Waals surface area contributed by atoms with E-state index < -0.39 is 21.3 Å². The number of carbonyl (C=O) groups is 1. The van der Waals surface area contributed by atoms with E-state index in [0.29, 0.717) is 12.0 Å². The van der Waals surface area contributed by atoms with E-state index >= 15 is 0 Å². The van der Waals surface area contributed by atoms with Gasteiger partial charge in [0.25, 0.3) is 10.0 Å². The molecule has 1 heterocycles. The Hall–Kier alpha value is -0.990. The Labute approximate surface area is 165 Å². The van der Waals surface area contributed by atoms with Gasteiger partial charge in [-0.05, 0) is 30.9 Å². The number of nitrogens with one attached hydrogen (secondary N) is 1.